The Balaban J connectivity index is 1.71. The van der Waals surface area contributed by atoms with Gasteiger partial charge in [0.15, 0.2) is 0 Å². The molecule has 0 saturated carbocycles. The smallest absolute Gasteiger partial charge is 0.269 e. The zero-order valence-corrected chi connectivity index (χ0v) is 21.0. The minimum Gasteiger partial charge on any atom is -0.494 e. The Hall–Kier alpha value is -2.82. The van der Waals surface area contributed by atoms with E-state index in [0.717, 1.165) is 49.2 Å². The van der Waals surface area contributed by atoms with E-state index in [1.54, 1.807) is 12.1 Å². The van der Waals surface area contributed by atoms with Crippen LogP contribution in [-0.4, -0.2) is 18.4 Å². The number of unbranched alkanes of at least 4 members (excludes halogenated alkanes) is 9. The number of amides is 2. The predicted molar refractivity (Wildman–Crippen MR) is 140 cm³/mol. The summed E-state index contributed by atoms with van der Waals surface area (Å²) < 4.78 is 5.83. The Morgan fingerprint density at radius 2 is 1.18 bits per heavy atom. The standard InChI is InChI=1S/C29H42N2O3/c1-3-5-7-9-10-12-14-28(32)30-31-29(33)26-17-15-24(16-18-26)25-19-21-27(22-20-25)34-23-13-11-8-6-4-2/h15-22H,3-14,23H2,1-2H3,(H,30,32)(H,31,33). The first-order valence-electron chi connectivity index (χ1n) is 13.1. The van der Waals surface area contributed by atoms with Gasteiger partial charge in [0.05, 0.1) is 6.61 Å². The first kappa shape index (κ1) is 27.4. The molecular formula is C29H42N2O3. The molecule has 0 unspecified atom stereocenters. The molecule has 2 aromatic rings. The molecule has 0 radical (unpaired) electrons. The van der Waals surface area contributed by atoms with Crippen molar-refractivity contribution in [3.63, 3.8) is 0 Å². The summed E-state index contributed by atoms with van der Waals surface area (Å²) in [6, 6.07) is 15.4. The minimum absolute atomic E-state index is 0.149. The van der Waals surface area contributed by atoms with Gasteiger partial charge in [0.25, 0.3) is 5.91 Å². The van der Waals surface area contributed by atoms with Gasteiger partial charge in [-0.2, -0.15) is 0 Å². The van der Waals surface area contributed by atoms with E-state index in [1.807, 2.05) is 36.4 Å². The maximum Gasteiger partial charge on any atom is 0.269 e. The van der Waals surface area contributed by atoms with Crippen LogP contribution in [0, 0.1) is 0 Å². The molecule has 34 heavy (non-hydrogen) atoms. The maximum atomic E-state index is 12.3. The number of hydrazine groups is 1. The summed E-state index contributed by atoms with van der Waals surface area (Å²) in [6.45, 7) is 5.16. The van der Waals surface area contributed by atoms with E-state index < -0.39 is 0 Å². The fourth-order valence-electron chi connectivity index (χ4n) is 3.78. The van der Waals surface area contributed by atoms with E-state index in [0.29, 0.717) is 12.0 Å². The molecule has 0 fully saturated rings. The second-order valence-electron chi connectivity index (χ2n) is 8.88. The van der Waals surface area contributed by atoms with Gasteiger partial charge >= 0.3 is 0 Å². The Bertz CT molecular complexity index is 831. The number of ether oxygens (including phenoxy) is 1. The van der Waals surface area contributed by atoms with E-state index in [-0.39, 0.29) is 11.8 Å². The second-order valence-corrected chi connectivity index (χ2v) is 8.88. The van der Waals surface area contributed by atoms with Gasteiger partial charge in [-0.15, -0.1) is 0 Å². The van der Waals surface area contributed by atoms with Gasteiger partial charge in [-0.3, -0.25) is 20.4 Å². The molecule has 0 saturated heterocycles. The van der Waals surface area contributed by atoms with Crippen molar-refractivity contribution >= 4 is 11.8 Å². The molecule has 0 aliphatic rings. The van der Waals surface area contributed by atoms with Crippen LogP contribution >= 0.6 is 0 Å². The average molecular weight is 467 g/mol. The average Bonchev–Trinajstić information content (AvgIpc) is 2.87. The summed E-state index contributed by atoms with van der Waals surface area (Å²) >= 11 is 0. The van der Waals surface area contributed by atoms with Crippen molar-refractivity contribution in [1.29, 1.82) is 0 Å². The topological polar surface area (TPSA) is 67.4 Å². The lowest BCUT2D eigenvalue weighted by molar-refractivity contribution is -0.122. The van der Waals surface area contributed by atoms with E-state index in [9.17, 15) is 9.59 Å². The Labute approximate surface area is 205 Å². The maximum absolute atomic E-state index is 12.3. The summed E-state index contributed by atoms with van der Waals surface area (Å²) in [5, 5.41) is 0. The molecule has 0 aliphatic heterocycles. The Morgan fingerprint density at radius 1 is 0.647 bits per heavy atom. The van der Waals surface area contributed by atoms with Crippen molar-refractivity contribution in [2.75, 3.05) is 6.61 Å². The van der Waals surface area contributed by atoms with Gasteiger partial charge in [-0.1, -0.05) is 95.9 Å². The lowest BCUT2D eigenvalue weighted by Gasteiger charge is -2.09. The van der Waals surface area contributed by atoms with Crippen LogP contribution in [-0.2, 0) is 4.79 Å². The van der Waals surface area contributed by atoms with Gasteiger partial charge in [0.1, 0.15) is 5.75 Å². The highest BCUT2D eigenvalue weighted by atomic mass is 16.5. The zero-order valence-electron chi connectivity index (χ0n) is 21.0. The molecule has 2 aromatic carbocycles. The first-order valence-corrected chi connectivity index (χ1v) is 13.1. The van der Waals surface area contributed by atoms with Crippen LogP contribution in [0.5, 0.6) is 5.75 Å². The highest BCUT2D eigenvalue weighted by Gasteiger charge is 2.08. The number of hydrogen-bond acceptors (Lipinski definition) is 3. The number of carbonyl (C=O) groups is 2. The predicted octanol–water partition coefficient (Wildman–Crippen LogP) is 7.21. The molecule has 0 aliphatic carbocycles. The fourth-order valence-corrected chi connectivity index (χ4v) is 3.78. The van der Waals surface area contributed by atoms with Crippen LogP contribution in [0.4, 0.5) is 0 Å². The van der Waals surface area contributed by atoms with Crippen molar-refractivity contribution in [3.8, 4) is 16.9 Å². The molecule has 2 amide bonds. The highest BCUT2D eigenvalue weighted by molar-refractivity contribution is 5.95. The van der Waals surface area contributed by atoms with Crippen molar-refractivity contribution in [1.82, 2.24) is 10.9 Å². The number of rotatable bonds is 16. The monoisotopic (exact) mass is 466 g/mol. The van der Waals surface area contributed by atoms with E-state index in [2.05, 4.69) is 24.7 Å². The van der Waals surface area contributed by atoms with Gasteiger partial charge in [0.2, 0.25) is 5.91 Å². The van der Waals surface area contributed by atoms with Crippen LogP contribution in [0.1, 0.15) is 101 Å². The number of nitrogens with one attached hydrogen (secondary N) is 2. The second kappa shape index (κ2) is 16.7. The molecule has 5 nitrogen and oxygen atoms in total. The van der Waals surface area contributed by atoms with E-state index in [4.69, 9.17) is 4.74 Å². The van der Waals surface area contributed by atoms with Crippen molar-refractivity contribution in [2.45, 2.75) is 90.9 Å². The fraction of sp³-hybridized carbons (Fsp3) is 0.517. The van der Waals surface area contributed by atoms with Crippen molar-refractivity contribution in [3.05, 3.63) is 54.1 Å². The SMILES string of the molecule is CCCCCCCCC(=O)NNC(=O)c1ccc(-c2ccc(OCCCCCCC)cc2)cc1. The normalized spacial score (nSPS) is 10.6. The minimum atomic E-state index is -0.314. The summed E-state index contributed by atoms with van der Waals surface area (Å²) in [5.74, 6) is 0.418. The largest absolute Gasteiger partial charge is 0.494 e. The van der Waals surface area contributed by atoms with Crippen LogP contribution in [0.3, 0.4) is 0 Å². The van der Waals surface area contributed by atoms with Gasteiger partial charge in [0, 0.05) is 12.0 Å². The third kappa shape index (κ3) is 10.9. The van der Waals surface area contributed by atoms with Crippen LogP contribution in [0.2, 0.25) is 0 Å². The van der Waals surface area contributed by atoms with E-state index >= 15 is 0 Å². The first-order chi connectivity index (χ1) is 16.6. The molecular weight excluding hydrogens is 424 g/mol. The van der Waals surface area contributed by atoms with Crippen LogP contribution in [0.25, 0.3) is 11.1 Å². The molecule has 0 spiro atoms. The summed E-state index contributed by atoms with van der Waals surface area (Å²) in [7, 11) is 0. The van der Waals surface area contributed by atoms with E-state index in [1.165, 1.54) is 44.9 Å². The number of carbonyl (C=O) groups excluding carboxylic acids is 2. The summed E-state index contributed by atoms with van der Waals surface area (Å²) in [6.07, 6.45) is 13.3. The Morgan fingerprint density at radius 3 is 1.79 bits per heavy atom. The molecule has 2 rings (SSSR count). The zero-order chi connectivity index (χ0) is 24.4. The van der Waals surface area contributed by atoms with Crippen molar-refractivity contribution in [2.24, 2.45) is 0 Å². The van der Waals surface area contributed by atoms with Crippen LogP contribution < -0.4 is 15.6 Å². The molecule has 0 aromatic heterocycles. The highest BCUT2D eigenvalue weighted by Crippen LogP contribution is 2.23. The van der Waals surface area contributed by atoms with Gasteiger partial charge < -0.3 is 4.74 Å². The molecule has 5 heteroatoms. The molecule has 2 N–H and O–H groups in total. The van der Waals surface area contributed by atoms with Gasteiger partial charge in [-0.05, 0) is 48.2 Å². The lowest BCUT2D eigenvalue weighted by Crippen LogP contribution is -2.41. The quantitative estimate of drug-likeness (QED) is 0.203. The number of benzene rings is 2. The number of hydrogen-bond donors (Lipinski definition) is 2. The summed E-state index contributed by atoms with van der Waals surface area (Å²) in [4.78, 5) is 24.3. The molecule has 0 heterocycles. The Kier molecular flexibility index (Phi) is 13.5. The summed E-state index contributed by atoms with van der Waals surface area (Å²) in [5.41, 5.74) is 7.61. The van der Waals surface area contributed by atoms with Crippen molar-refractivity contribution < 1.29 is 14.3 Å². The molecule has 0 atom stereocenters. The molecule has 186 valence electrons. The lowest BCUT2D eigenvalue weighted by atomic mass is 10.0. The third-order valence-corrected chi connectivity index (χ3v) is 5.92. The molecule has 0 bridgehead atoms. The van der Waals surface area contributed by atoms with Gasteiger partial charge in [-0.25, -0.2) is 0 Å². The third-order valence-electron chi connectivity index (χ3n) is 5.92. The van der Waals surface area contributed by atoms with Crippen LogP contribution in [0.15, 0.2) is 48.5 Å².